The highest BCUT2D eigenvalue weighted by atomic mass is 15.3. The molecule has 0 radical (unpaired) electrons. The second-order valence-corrected chi connectivity index (χ2v) is 6.39. The van der Waals surface area contributed by atoms with Gasteiger partial charge in [-0.05, 0) is 43.9 Å². The first-order chi connectivity index (χ1) is 12.2. The number of fused-ring (bicyclic) bond motifs is 1. The largest absolute Gasteiger partial charge is 0.366 e. The molecule has 1 aliphatic carbocycles. The van der Waals surface area contributed by atoms with Gasteiger partial charge < -0.3 is 5.32 Å². The number of nitrogens with one attached hydrogen (secondary N) is 1. The van der Waals surface area contributed by atoms with Gasteiger partial charge in [0.2, 0.25) is 0 Å². The van der Waals surface area contributed by atoms with Crippen molar-refractivity contribution in [3.05, 3.63) is 71.3 Å². The van der Waals surface area contributed by atoms with E-state index in [9.17, 15) is 0 Å². The molecule has 0 fully saturated rings. The van der Waals surface area contributed by atoms with Crippen LogP contribution in [0.25, 0.3) is 11.2 Å². The quantitative estimate of drug-likeness (QED) is 0.782. The summed E-state index contributed by atoms with van der Waals surface area (Å²) >= 11 is 0. The second-order valence-electron chi connectivity index (χ2n) is 6.39. The molecule has 0 spiro atoms. The van der Waals surface area contributed by atoms with Crippen molar-refractivity contribution in [2.75, 3.05) is 5.32 Å². The summed E-state index contributed by atoms with van der Waals surface area (Å²) in [5.74, 6) is 0.938. The van der Waals surface area contributed by atoms with Gasteiger partial charge in [0.05, 0.1) is 11.9 Å². The Balaban J connectivity index is 1.70. The fourth-order valence-electron chi connectivity index (χ4n) is 2.95. The highest BCUT2D eigenvalue weighted by Gasteiger charge is 2.12. The van der Waals surface area contributed by atoms with Crippen molar-refractivity contribution < 1.29 is 0 Å². The fraction of sp³-hybridized carbons (Fsp3) is 0.250. The Bertz CT molecular complexity index is 964. The summed E-state index contributed by atoms with van der Waals surface area (Å²) in [6.07, 6.45) is 12.5. The van der Waals surface area contributed by atoms with Crippen LogP contribution in [-0.4, -0.2) is 19.6 Å². The predicted octanol–water partition coefficient (Wildman–Crippen LogP) is 4.09. The number of rotatable bonds is 4. The first-order valence-corrected chi connectivity index (χ1v) is 8.58. The summed E-state index contributed by atoms with van der Waals surface area (Å²) in [5.41, 5.74) is 6.28. The molecule has 0 unspecified atom stereocenters. The van der Waals surface area contributed by atoms with Crippen LogP contribution < -0.4 is 5.32 Å². The number of hydrogen-bond acceptors (Lipinski definition) is 4. The molecule has 3 aromatic heterocycles. The molecule has 3 aromatic rings. The Kier molecular flexibility index (Phi) is 4.06. The normalized spacial score (nSPS) is 13.9. The second kappa shape index (κ2) is 6.51. The van der Waals surface area contributed by atoms with Crippen molar-refractivity contribution in [3.8, 4) is 0 Å². The summed E-state index contributed by atoms with van der Waals surface area (Å²) in [4.78, 5) is 9.17. The van der Waals surface area contributed by atoms with Crippen LogP contribution in [0.3, 0.4) is 0 Å². The first-order valence-electron chi connectivity index (χ1n) is 8.58. The van der Waals surface area contributed by atoms with Gasteiger partial charge in [-0.1, -0.05) is 24.3 Å². The number of nitrogens with zero attached hydrogens (tertiary/aromatic N) is 4. The third kappa shape index (κ3) is 3.18. The Morgan fingerprint density at radius 2 is 2.08 bits per heavy atom. The lowest BCUT2D eigenvalue weighted by atomic mass is 10.0. The van der Waals surface area contributed by atoms with Crippen molar-refractivity contribution in [3.63, 3.8) is 0 Å². The molecule has 0 aliphatic heterocycles. The van der Waals surface area contributed by atoms with E-state index in [2.05, 4.69) is 45.8 Å². The number of hydrogen-bond donors (Lipinski definition) is 1. The van der Waals surface area contributed by atoms with Crippen LogP contribution in [0.2, 0.25) is 0 Å². The number of allylic oxidation sites excluding steroid dienone is 4. The summed E-state index contributed by atoms with van der Waals surface area (Å²) in [5, 5.41) is 7.95. The average molecular weight is 331 g/mol. The molecule has 126 valence electrons. The molecule has 0 saturated carbocycles. The van der Waals surface area contributed by atoms with E-state index in [0.717, 1.165) is 46.8 Å². The van der Waals surface area contributed by atoms with Crippen molar-refractivity contribution in [1.82, 2.24) is 19.6 Å². The number of anilines is 1. The molecule has 0 bridgehead atoms. The van der Waals surface area contributed by atoms with Gasteiger partial charge in [-0.2, -0.15) is 9.61 Å². The van der Waals surface area contributed by atoms with Gasteiger partial charge in [-0.3, -0.25) is 4.98 Å². The van der Waals surface area contributed by atoms with Crippen LogP contribution in [0, 0.1) is 13.8 Å². The van der Waals surface area contributed by atoms with Gasteiger partial charge in [0.15, 0.2) is 5.65 Å². The molecule has 0 amide bonds. The maximum absolute atomic E-state index is 4.81. The lowest BCUT2D eigenvalue weighted by molar-refractivity contribution is 0.919. The fourth-order valence-corrected chi connectivity index (χ4v) is 2.95. The van der Waals surface area contributed by atoms with E-state index < -0.39 is 0 Å². The lowest BCUT2D eigenvalue weighted by Gasteiger charge is -2.12. The van der Waals surface area contributed by atoms with Gasteiger partial charge in [-0.15, -0.1) is 0 Å². The Morgan fingerprint density at radius 3 is 2.84 bits per heavy atom. The molecular formula is C20H21N5. The Labute approximate surface area is 147 Å². The van der Waals surface area contributed by atoms with Gasteiger partial charge in [0.1, 0.15) is 5.82 Å². The minimum atomic E-state index is 0.694. The van der Waals surface area contributed by atoms with E-state index in [0.29, 0.717) is 6.54 Å². The molecular weight excluding hydrogens is 310 g/mol. The highest BCUT2D eigenvalue weighted by Crippen LogP contribution is 2.24. The van der Waals surface area contributed by atoms with Gasteiger partial charge in [-0.25, -0.2) is 4.98 Å². The average Bonchev–Trinajstić information content (AvgIpc) is 3.03. The van der Waals surface area contributed by atoms with E-state index in [4.69, 9.17) is 4.98 Å². The first kappa shape index (κ1) is 15.6. The summed E-state index contributed by atoms with van der Waals surface area (Å²) in [6, 6.07) is 6.19. The van der Waals surface area contributed by atoms with E-state index in [1.165, 1.54) is 5.57 Å². The van der Waals surface area contributed by atoms with Gasteiger partial charge >= 0.3 is 0 Å². The molecule has 5 heteroatoms. The van der Waals surface area contributed by atoms with Crippen molar-refractivity contribution in [1.29, 1.82) is 0 Å². The molecule has 4 rings (SSSR count). The molecule has 3 heterocycles. The Hall–Kier alpha value is -2.95. The summed E-state index contributed by atoms with van der Waals surface area (Å²) in [6.45, 7) is 4.73. The monoisotopic (exact) mass is 331 g/mol. The molecule has 0 aromatic carbocycles. The number of aromatic nitrogens is 4. The maximum atomic E-state index is 4.81. The molecule has 5 nitrogen and oxygen atoms in total. The molecule has 0 atom stereocenters. The van der Waals surface area contributed by atoms with Gasteiger partial charge in [0.25, 0.3) is 0 Å². The van der Waals surface area contributed by atoms with Crippen LogP contribution in [-0.2, 0) is 6.54 Å². The van der Waals surface area contributed by atoms with E-state index in [-0.39, 0.29) is 0 Å². The van der Waals surface area contributed by atoms with E-state index in [1.807, 2.05) is 36.8 Å². The van der Waals surface area contributed by atoms with E-state index >= 15 is 0 Å². The third-order valence-corrected chi connectivity index (χ3v) is 4.39. The molecule has 1 N–H and O–H groups in total. The Morgan fingerprint density at radius 1 is 1.16 bits per heavy atom. The van der Waals surface area contributed by atoms with Crippen LogP contribution in [0.4, 0.5) is 5.82 Å². The van der Waals surface area contributed by atoms with Crippen molar-refractivity contribution in [2.45, 2.75) is 33.2 Å². The molecule has 25 heavy (non-hydrogen) atoms. The predicted molar refractivity (Wildman–Crippen MR) is 100 cm³/mol. The van der Waals surface area contributed by atoms with E-state index in [1.54, 1.807) is 0 Å². The van der Waals surface area contributed by atoms with Crippen molar-refractivity contribution in [2.24, 2.45) is 0 Å². The molecule has 1 aliphatic rings. The van der Waals surface area contributed by atoms with Crippen LogP contribution >= 0.6 is 0 Å². The molecule has 0 saturated heterocycles. The zero-order chi connectivity index (χ0) is 17.2. The minimum absolute atomic E-state index is 0.694. The maximum Gasteiger partial charge on any atom is 0.160 e. The minimum Gasteiger partial charge on any atom is -0.366 e. The third-order valence-electron chi connectivity index (χ3n) is 4.39. The van der Waals surface area contributed by atoms with Crippen molar-refractivity contribution >= 4 is 17.0 Å². The zero-order valence-corrected chi connectivity index (χ0v) is 14.5. The lowest BCUT2D eigenvalue weighted by Crippen LogP contribution is -2.08. The smallest absolute Gasteiger partial charge is 0.160 e. The number of pyridine rings is 1. The standard InChI is InChI=1S/C20H21N5/c1-14-11-23-25-19(22-13-16-9-8-15(2)21-12-16)10-18(24-20(14)25)17-6-4-3-5-7-17/h4,6-12,22H,3,5,13H2,1-2H3. The SMILES string of the molecule is Cc1ccc(CNc2cc(C3=CCCC=C3)nc3c(C)cnn23)cn1. The van der Waals surface area contributed by atoms with Crippen LogP contribution in [0.5, 0.6) is 0 Å². The van der Waals surface area contributed by atoms with Crippen LogP contribution in [0.15, 0.2) is 48.8 Å². The summed E-state index contributed by atoms with van der Waals surface area (Å²) in [7, 11) is 0. The van der Waals surface area contributed by atoms with Crippen LogP contribution in [0.1, 0.15) is 35.4 Å². The van der Waals surface area contributed by atoms with Gasteiger partial charge in [0, 0.05) is 30.1 Å². The highest BCUT2D eigenvalue weighted by molar-refractivity contribution is 5.75. The topological polar surface area (TPSA) is 55.1 Å². The zero-order valence-electron chi connectivity index (χ0n) is 14.5. The summed E-state index contributed by atoms with van der Waals surface area (Å²) < 4.78 is 1.87. The number of aryl methyl sites for hydroxylation is 2.